The molecule has 0 bridgehead atoms. The number of nitrogens with zero attached hydrogens (tertiary/aromatic N) is 2. The van der Waals surface area contributed by atoms with E-state index in [0.29, 0.717) is 37.3 Å². The smallest absolute Gasteiger partial charge is 0.408 e. The third-order valence-corrected chi connectivity index (χ3v) is 5.08. The Bertz CT molecular complexity index is 1040. The number of hydrogen-bond acceptors (Lipinski definition) is 5. The lowest BCUT2D eigenvalue weighted by Gasteiger charge is -2.35. The number of aromatic nitrogens is 1. The van der Waals surface area contributed by atoms with Gasteiger partial charge in [-0.3, -0.25) is 9.36 Å². The molecule has 0 saturated carbocycles. The molecular formula is C22H25N3O4. The Morgan fingerprint density at radius 3 is 2.48 bits per heavy atom. The molecule has 29 heavy (non-hydrogen) atoms. The summed E-state index contributed by atoms with van der Waals surface area (Å²) in [6.07, 6.45) is 0.0945. The van der Waals surface area contributed by atoms with Gasteiger partial charge in [0.05, 0.1) is 17.7 Å². The molecule has 7 nitrogen and oxygen atoms in total. The van der Waals surface area contributed by atoms with Crippen LogP contribution in [0.1, 0.15) is 24.2 Å². The Balaban J connectivity index is 1.36. The van der Waals surface area contributed by atoms with Gasteiger partial charge in [0, 0.05) is 37.4 Å². The Morgan fingerprint density at radius 2 is 1.76 bits per heavy atom. The van der Waals surface area contributed by atoms with Crippen molar-refractivity contribution in [3.63, 3.8) is 0 Å². The van der Waals surface area contributed by atoms with Gasteiger partial charge >= 0.3 is 5.76 Å². The van der Waals surface area contributed by atoms with Crippen LogP contribution in [-0.2, 0) is 11.3 Å². The fourth-order valence-corrected chi connectivity index (χ4v) is 3.79. The molecule has 1 amide bonds. The first-order valence-electron chi connectivity index (χ1n) is 9.88. The van der Waals surface area contributed by atoms with Crippen LogP contribution in [0.15, 0.2) is 57.7 Å². The molecule has 1 saturated heterocycles. The largest absolute Gasteiger partial charge is 0.420 e. The van der Waals surface area contributed by atoms with E-state index in [2.05, 4.69) is 5.32 Å². The predicted octanol–water partition coefficient (Wildman–Crippen LogP) is 2.96. The molecule has 4 rings (SSSR count). The fourth-order valence-electron chi connectivity index (χ4n) is 3.79. The van der Waals surface area contributed by atoms with Gasteiger partial charge in [0.1, 0.15) is 0 Å². The normalized spacial score (nSPS) is 19.4. The molecule has 1 aliphatic rings. The Kier molecular flexibility index (Phi) is 5.40. The van der Waals surface area contributed by atoms with Gasteiger partial charge in [0.25, 0.3) is 5.91 Å². The molecule has 0 spiro atoms. The topological polar surface area (TPSA) is 76.7 Å². The number of ether oxygens (including phenoxy) is 1. The van der Waals surface area contributed by atoms with Crippen LogP contribution in [0.4, 0.5) is 5.69 Å². The summed E-state index contributed by atoms with van der Waals surface area (Å²) in [5.74, 6) is -0.335. The summed E-state index contributed by atoms with van der Waals surface area (Å²) in [7, 11) is 0. The Morgan fingerprint density at radius 1 is 1.07 bits per heavy atom. The van der Waals surface area contributed by atoms with E-state index in [0.717, 1.165) is 11.2 Å². The summed E-state index contributed by atoms with van der Waals surface area (Å²) in [6.45, 7) is 6.23. The van der Waals surface area contributed by atoms with Gasteiger partial charge < -0.3 is 19.4 Å². The average molecular weight is 395 g/mol. The highest BCUT2D eigenvalue weighted by Gasteiger charge is 2.26. The number of amides is 1. The van der Waals surface area contributed by atoms with Crippen molar-refractivity contribution in [2.75, 3.05) is 25.0 Å². The van der Waals surface area contributed by atoms with Crippen molar-refractivity contribution >= 4 is 22.7 Å². The van der Waals surface area contributed by atoms with Crippen molar-refractivity contribution in [3.8, 4) is 0 Å². The first-order valence-corrected chi connectivity index (χ1v) is 9.88. The number of rotatable bonds is 5. The van der Waals surface area contributed by atoms with E-state index < -0.39 is 0 Å². The van der Waals surface area contributed by atoms with E-state index in [1.165, 1.54) is 0 Å². The van der Waals surface area contributed by atoms with Gasteiger partial charge in [0.15, 0.2) is 5.58 Å². The molecule has 7 heteroatoms. The van der Waals surface area contributed by atoms with E-state index in [9.17, 15) is 9.59 Å². The second-order valence-electron chi connectivity index (χ2n) is 7.46. The van der Waals surface area contributed by atoms with Crippen LogP contribution in [0.5, 0.6) is 0 Å². The number of fused-ring (bicyclic) bond motifs is 1. The summed E-state index contributed by atoms with van der Waals surface area (Å²) < 4.78 is 12.6. The van der Waals surface area contributed by atoms with Crippen LogP contribution in [0.2, 0.25) is 0 Å². The number of nitrogens with one attached hydrogen (secondary N) is 1. The SMILES string of the molecule is C[C@H]1CN(C(=O)c2ccc(NCCn3c(=O)oc4ccccc43)cc2)C[C@H](C)O1. The zero-order valence-electron chi connectivity index (χ0n) is 16.6. The Hall–Kier alpha value is -3.06. The van der Waals surface area contributed by atoms with Crippen LogP contribution < -0.4 is 11.1 Å². The van der Waals surface area contributed by atoms with E-state index >= 15 is 0 Å². The fraction of sp³-hybridized carbons (Fsp3) is 0.364. The van der Waals surface area contributed by atoms with E-state index in [1.807, 2.05) is 61.2 Å². The number of oxazole rings is 1. The molecule has 2 aromatic carbocycles. The van der Waals surface area contributed by atoms with Gasteiger partial charge in [0.2, 0.25) is 0 Å². The summed E-state index contributed by atoms with van der Waals surface area (Å²) in [5, 5.41) is 3.29. The molecular weight excluding hydrogens is 370 g/mol. The lowest BCUT2D eigenvalue weighted by Crippen LogP contribution is -2.48. The number of carbonyl (C=O) groups is 1. The van der Waals surface area contributed by atoms with Gasteiger partial charge in [-0.2, -0.15) is 0 Å². The van der Waals surface area contributed by atoms with Crippen molar-refractivity contribution in [2.24, 2.45) is 0 Å². The molecule has 2 atom stereocenters. The minimum atomic E-state index is -0.358. The number of anilines is 1. The minimum absolute atomic E-state index is 0.0231. The lowest BCUT2D eigenvalue weighted by molar-refractivity contribution is -0.0586. The molecule has 0 radical (unpaired) electrons. The van der Waals surface area contributed by atoms with Crippen molar-refractivity contribution in [3.05, 3.63) is 64.6 Å². The third-order valence-electron chi connectivity index (χ3n) is 5.08. The van der Waals surface area contributed by atoms with E-state index in [-0.39, 0.29) is 23.9 Å². The summed E-state index contributed by atoms with van der Waals surface area (Å²) >= 11 is 0. The molecule has 3 aromatic rings. The Labute approximate surface area is 168 Å². The summed E-state index contributed by atoms with van der Waals surface area (Å²) in [6, 6.07) is 14.8. The number of benzene rings is 2. The number of morpholine rings is 1. The maximum absolute atomic E-state index is 12.7. The van der Waals surface area contributed by atoms with Gasteiger partial charge in [-0.1, -0.05) is 12.1 Å². The highest BCUT2D eigenvalue weighted by Crippen LogP contribution is 2.17. The first-order chi connectivity index (χ1) is 14.0. The number of carbonyl (C=O) groups excluding carboxylic acids is 1. The van der Waals surface area contributed by atoms with Crippen molar-refractivity contribution in [1.29, 1.82) is 0 Å². The minimum Gasteiger partial charge on any atom is -0.408 e. The second-order valence-corrected chi connectivity index (χ2v) is 7.46. The number of para-hydroxylation sites is 2. The first kappa shape index (κ1) is 19.3. The van der Waals surface area contributed by atoms with Gasteiger partial charge in [-0.05, 0) is 50.2 Å². The van der Waals surface area contributed by atoms with Crippen LogP contribution in [0.3, 0.4) is 0 Å². The molecule has 1 fully saturated rings. The van der Waals surface area contributed by atoms with Crippen LogP contribution in [-0.4, -0.2) is 47.2 Å². The highest BCUT2D eigenvalue weighted by molar-refractivity contribution is 5.94. The predicted molar refractivity (Wildman–Crippen MR) is 111 cm³/mol. The van der Waals surface area contributed by atoms with Crippen molar-refractivity contribution in [2.45, 2.75) is 32.6 Å². The molecule has 152 valence electrons. The monoisotopic (exact) mass is 395 g/mol. The zero-order chi connectivity index (χ0) is 20.4. The van der Waals surface area contributed by atoms with Crippen molar-refractivity contribution < 1.29 is 13.9 Å². The average Bonchev–Trinajstić information content (AvgIpc) is 3.02. The van der Waals surface area contributed by atoms with E-state index in [1.54, 1.807) is 10.6 Å². The summed E-state index contributed by atoms with van der Waals surface area (Å²) in [4.78, 5) is 26.6. The van der Waals surface area contributed by atoms with Crippen LogP contribution in [0.25, 0.3) is 11.1 Å². The van der Waals surface area contributed by atoms with Crippen LogP contribution >= 0.6 is 0 Å². The highest BCUT2D eigenvalue weighted by atomic mass is 16.5. The molecule has 0 unspecified atom stereocenters. The maximum Gasteiger partial charge on any atom is 0.420 e. The summed E-state index contributed by atoms with van der Waals surface area (Å²) in [5.41, 5.74) is 2.93. The van der Waals surface area contributed by atoms with Gasteiger partial charge in [-0.15, -0.1) is 0 Å². The molecule has 0 aliphatic carbocycles. The number of hydrogen-bond donors (Lipinski definition) is 1. The zero-order valence-corrected chi connectivity index (χ0v) is 16.6. The van der Waals surface area contributed by atoms with Crippen molar-refractivity contribution in [1.82, 2.24) is 9.47 Å². The van der Waals surface area contributed by atoms with E-state index in [4.69, 9.17) is 9.15 Å². The molecule has 2 heterocycles. The van der Waals surface area contributed by atoms with Crippen LogP contribution in [0, 0.1) is 0 Å². The lowest BCUT2D eigenvalue weighted by atomic mass is 10.1. The quantitative estimate of drug-likeness (QED) is 0.719. The molecule has 1 aliphatic heterocycles. The third kappa shape index (κ3) is 4.19. The molecule has 1 aromatic heterocycles. The molecule has 1 N–H and O–H groups in total. The second kappa shape index (κ2) is 8.13. The van der Waals surface area contributed by atoms with Gasteiger partial charge in [-0.25, -0.2) is 4.79 Å². The standard InChI is InChI=1S/C22H25N3O4/c1-15-13-24(14-16(2)28-15)21(26)17-7-9-18(10-8-17)23-11-12-25-19-5-3-4-6-20(19)29-22(25)27/h3-10,15-16,23H,11-14H2,1-2H3/t15-,16-/m0/s1. The maximum atomic E-state index is 12.7.